The molecule has 0 aromatic rings. The molecule has 1 saturated heterocycles. The van der Waals surface area contributed by atoms with E-state index in [4.69, 9.17) is 0 Å². The van der Waals surface area contributed by atoms with Gasteiger partial charge in [-0.25, -0.2) is 0 Å². The Morgan fingerprint density at radius 1 is 1.57 bits per heavy atom. The van der Waals surface area contributed by atoms with Crippen LogP contribution in [0.4, 0.5) is 0 Å². The number of carbonyl (C=O) groups is 2. The van der Waals surface area contributed by atoms with Gasteiger partial charge in [-0.1, -0.05) is 6.08 Å². The summed E-state index contributed by atoms with van der Waals surface area (Å²) in [6.07, 6.45) is -0.341. The first-order valence-corrected chi connectivity index (χ1v) is 5.38. The third kappa shape index (κ3) is 2.64. The first-order valence-electron chi connectivity index (χ1n) is 3.80. The molecule has 1 fully saturated rings. The summed E-state index contributed by atoms with van der Waals surface area (Å²) in [7, 11) is -3.80. The molecule has 1 rings (SSSR count). The number of hydrogen-bond acceptors (Lipinski definition) is 5. The van der Waals surface area contributed by atoms with E-state index in [1.165, 1.54) is 0 Å². The van der Waals surface area contributed by atoms with Crippen molar-refractivity contribution in [1.29, 1.82) is 0 Å². The number of carbonyl (C=O) groups excluding carboxylic acids is 2. The Balaban J connectivity index is 2.65. The smallest absolute Gasteiger partial charge is 0.271 e. The van der Waals surface area contributed by atoms with Crippen LogP contribution < -0.4 is 5.32 Å². The van der Waals surface area contributed by atoms with E-state index < -0.39 is 28.0 Å². The summed E-state index contributed by atoms with van der Waals surface area (Å²) in [6, 6.07) is 0. The van der Waals surface area contributed by atoms with Gasteiger partial charge in [0.15, 0.2) is 6.10 Å². The van der Waals surface area contributed by atoms with Gasteiger partial charge in [0, 0.05) is 0 Å². The number of hydrogen-bond donors (Lipinski definition) is 1. The van der Waals surface area contributed by atoms with Crippen molar-refractivity contribution >= 4 is 21.9 Å². The Morgan fingerprint density at radius 3 is 2.64 bits per heavy atom. The summed E-state index contributed by atoms with van der Waals surface area (Å²) in [5.74, 6) is -1.64. The van der Waals surface area contributed by atoms with Crippen molar-refractivity contribution < 1.29 is 22.2 Å². The number of nitrogens with one attached hydrogen (secondary N) is 1. The van der Waals surface area contributed by atoms with Crippen LogP contribution in [0.1, 0.15) is 6.42 Å². The third-order valence-corrected chi connectivity index (χ3v) is 2.68. The molecular formula is C7H9NO5S. The summed E-state index contributed by atoms with van der Waals surface area (Å²) < 4.78 is 26.6. The Hall–Kier alpha value is -1.21. The lowest BCUT2D eigenvalue weighted by Crippen LogP contribution is -2.29. The molecular weight excluding hydrogens is 210 g/mol. The zero-order valence-corrected chi connectivity index (χ0v) is 8.04. The average Bonchev–Trinajstić information content (AvgIpc) is 2.28. The molecule has 0 radical (unpaired) electrons. The lowest BCUT2D eigenvalue weighted by molar-refractivity contribution is -0.126. The maximum absolute atomic E-state index is 11.1. The van der Waals surface area contributed by atoms with Crippen LogP contribution >= 0.6 is 0 Å². The molecule has 1 N–H and O–H groups in total. The Morgan fingerprint density at radius 2 is 2.21 bits per heavy atom. The van der Waals surface area contributed by atoms with Crippen LogP contribution in [0.5, 0.6) is 0 Å². The average molecular weight is 219 g/mol. The standard InChI is InChI=1S/C7H9NO5S/c1-2-3-14(11,12)13-5-4-6(9)8-7(5)10/h2,5H,1,3-4H2,(H,8,9,10). The Kier molecular flexibility index (Phi) is 3.02. The summed E-state index contributed by atoms with van der Waals surface area (Å²) >= 11 is 0. The van der Waals surface area contributed by atoms with Crippen molar-refractivity contribution in [2.24, 2.45) is 0 Å². The van der Waals surface area contributed by atoms with Crippen LogP contribution in [0.15, 0.2) is 12.7 Å². The van der Waals surface area contributed by atoms with Gasteiger partial charge in [0.1, 0.15) is 0 Å². The maximum Gasteiger partial charge on any atom is 0.271 e. The minimum atomic E-state index is -3.80. The number of imide groups is 1. The molecule has 0 spiro atoms. The summed E-state index contributed by atoms with van der Waals surface area (Å²) in [5, 5.41) is 1.94. The molecule has 1 atom stereocenters. The highest BCUT2D eigenvalue weighted by atomic mass is 32.2. The van der Waals surface area contributed by atoms with Gasteiger partial charge in [-0.2, -0.15) is 8.42 Å². The van der Waals surface area contributed by atoms with E-state index in [1.807, 2.05) is 5.32 Å². The van der Waals surface area contributed by atoms with Gasteiger partial charge in [0.2, 0.25) is 5.91 Å². The third-order valence-electron chi connectivity index (χ3n) is 1.51. The second kappa shape index (κ2) is 3.89. The van der Waals surface area contributed by atoms with Gasteiger partial charge in [-0.15, -0.1) is 6.58 Å². The van der Waals surface area contributed by atoms with Gasteiger partial charge in [-0.3, -0.25) is 19.1 Å². The molecule has 14 heavy (non-hydrogen) atoms. The van der Waals surface area contributed by atoms with Crippen LogP contribution in [-0.2, 0) is 23.9 Å². The molecule has 7 heteroatoms. The summed E-state index contributed by atoms with van der Waals surface area (Å²) in [6.45, 7) is 3.23. The molecule has 0 aliphatic carbocycles. The van der Waals surface area contributed by atoms with Crippen molar-refractivity contribution in [3.8, 4) is 0 Å². The van der Waals surface area contributed by atoms with Gasteiger partial charge in [0.05, 0.1) is 12.2 Å². The highest BCUT2D eigenvalue weighted by Gasteiger charge is 2.34. The van der Waals surface area contributed by atoms with E-state index in [2.05, 4.69) is 10.8 Å². The summed E-state index contributed by atoms with van der Waals surface area (Å²) in [5.41, 5.74) is 0. The molecule has 6 nitrogen and oxygen atoms in total. The van der Waals surface area contributed by atoms with Gasteiger partial charge < -0.3 is 0 Å². The normalized spacial score (nSPS) is 22.1. The molecule has 2 amide bonds. The zero-order valence-electron chi connectivity index (χ0n) is 7.23. The highest BCUT2D eigenvalue weighted by Crippen LogP contribution is 2.10. The van der Waals surface area contributed by atoms with E-state index in [0.717, 1.165) is 6.08 Å². The number of amides is 2. The van der Waals surface area contributed by atoms with Crippen molar-refractivity contribution in [1.82, 2.24) is 5.32 Å². The van der Waals surface area contributed by atoms with Gasteiger partial charge in [0.25, 0.3) is 16.0 Å². The zero-order chi connectivity index (χ0) is 10.8. The van der Waals surface area contributed by atoms with Crippen LogP contribution in [0.3, 0.4) is 0 Å². The fourth-order valence-electron chi connectivity index (χ4n) is 0.968. The fraction of sp³-hybridized carbons (Fsp3) is 0.429. The van der Waals surface area contributed by atoms with Crippen LogP contribution in [0, 0.1) is 0 Å². The molecule has 1 aliphatic heterocycles. The maximum atomic E-state index is 11.1. The largest absolute Gasteiger partial charge is 0.294 e. The van der Waals surface area contributed by atoms with Crippen LogP contribution in [0.25, 0.3) is 0 Å². The van der Waals surface area contributed by atoms with Crippen molar-refractivity contribution in [3.05, 3.63) is 12.7 Å². The molecule has 1 unspecified atom stereocenters. The van der Waals surface area contributed by atoms with E-state index in [-0.39, 0.29) is 12.2 Å². The minimum absolute atomic E-state index is 0.255. The minimum Gasteiger partial charge on any atom is -0.294 e. The quantitative estimate of drug-likeness (QED) is 0.369. The molecule has 1 heterocycles. The number of rotatable bonds is 4. The Labute approximate surface area is 81.1 Å². The van der Waals surface area contributed by atoms with Crippen molar-refractivity contribution in [2.45, 2.75) is 12.5 Å². The van der Waals surface area contributed by atoms with Crippen molar-refractivity contribution in [2.75, 3.05) is 5.75 Å². The lowest BCUT2D eigenvalue weighted by Gasteiger charge is -2.06. The predicted molar refractivity (Wildman–Crippen MR) is 46.6 cm³/mol. The molecule has 0 saturated carbocycles. The Bertz CT molecular complexity index is 372. The van der Waals surface area contributed by atoms with E-state index in [0.29, 0.717) is 0 Å². The van der Waals surface area contributed by atoms with Gasteiger partial charge >= 0.3 is 0 Å². The molecule has 0 aromatic heterocycles. The second-order valence-corrected chi connectivity index (χ2v) is 4.36. The first-order chi connectivity index (χ1) is 6.44. The van der Waals surface area contributed by atoms with E-state index in [1.54, 1.807) is 0 Å². The topological polar surface area (TPSA) is 89.5 Å². The lowest BCUT2D eigenvalue weighted by atomic mass is 10.3. The monoisotopic (exact) mass is 219 g/mol. The predicted octanol–water partition coefficient (Wildman–Crippen LogP) is -1.07. The first kappa shape index (κ1) is 10.9. The summed E-state index contributed by atoms with van der Waals surface area (Å²) in [4.78, 5) is 21.6. The van der Waals surface area contributed by atoms with E-state index in [9.17, 15) is 18.0 Å². The molecule has 78 valence electrons. The van der Waals surface area contributed by atoms with Crippen LogP contribution in [-0.4, -0.2) is 32.1 Å². The van der Waals surface area contributed by atoms with E-state index >= 15 is 0 Å². The van der Waals surface area contributed by atoms with Crippen molar-refractivity contribution in [3.63, 3.8) is 0 Å². The molecule has 1 aliphatic rings. The molecule has 0 bridgehead atoms. The van der Waals surface area contributed by atoms with Crippen LogP contribution in [0.2, 0.25) is 0 Å². The second-order valence-electron chi connectivity index (χ2n) is 2.71. The highest BCUT2D eigenvalue weighted by molar-refractivity contribution is 7.86. The SMILES string of the molecule is C=CCS(=O)(=O)OC1CC(=O)NC1=O. The van der Waals surface area contributed by atoms with Gasteiger partial charge in [-0.05, 0) is 0 Å². The fourth-order valence-corrected chi connectivity index (χ4v) is 1.84. The molecule has 0 aromatic carbocycles.